The van der Waals surface area contributed by atoms with Gasteiger partial charge in [0.05, 0.1) is 5.75 Å². The van der Waals surface area contributed by atoms with Crippen molar-refractivity contribution in [1.29, 1.82) is 0 Å². The van der Waals surface area contributed by atoms with E-state index in [4.69, 9.17) is 9.15 Å². The van der Waals surface area contributed by atoms with E-state index in [1.165, 1.54) is 54.6 Å². The van der Waals surface area contributed by atoms with Gasteiger partial charge < -0.3 is 14.1 Å². The number of carbonyl (C=O) groups excluding carboxylic acids is 1. The van der Waals surface area contributed by atoms with Gasteiger partial charge in [-0.1, -0.05) is 43.2 Å². The first kappa shape index (κ1) is 23.2. The van der Waals surface area contributed by atoms with Crippen molar-refractivity contribution in [2.45, 2.75) is 56.5 Å². The number of rotatable bonds is 9. The van der Waals surface area contributed by atoms with Crippen LogP contribution in [0.3, 0.4) is 0 Å². The molecule has 0 bridgehead atoms. The standard InChI is InChI=1S/C24H25F2N3O3S/c25-18-8-6-17(7-9-18)14-29(20-4-2-1-3-5-20)23(30)16-33-24-28-27-22(32-24)15-31-21-12-10-19(26)11-13-21/h6-13,20H,1-5,14-16H2. The molecule has 2 aromatic carbocycles. The number of ether oxygens (including phenoxy) is 1. The lowest BCUT2D eigenvalue weighted by Crippen LogP contribution is -2.41. The van der Waals surface area contributed by atoms with Crippen LogP contribution in [0.2, 0.25) is 0 Å². The molecule has 3 aromatic rings. The Bertz CT molecular complexity index is 1040. The molecule has 1 aromatic heterocycles. The number of amides is 1. The maximum absolute atomic E-state index is 13.3. The summed E-state index contributed by atoms with van der Waals surface area (Å²) in [5.74, 6) is 0.273. The van der Waals surface area contributed by atoms with Crippen molar-refractivity contribution < 1.29 is 22.7 Å². The van der Waals surface area contributed by atoms with E-state index in [0.29, 0.717) is 12.3 Å². The van der Waals surface area contributed by atoms with Crippen LogP contribution in [0.1, 0.15) is 43.6 Å². The topological polar surface area (TPSA) is 68.5 Å². The highest BCUT2D eigenvalue weighted by atomic mass is 32.2. The van der Waals surface area contributed by atoms with E-state index in [0.717, 1.165) is 31.2 Å². The molecule has 1 aliphatic carbocycles. The molecule has 1 saturated carbocycles. The van der Waals surface area contributed by atoms with Gasteiger partial charge in [0.15, 0.2) is 6.61 Å². The van der Waals surface area contributed by atoms with E-state index in [-0.39, 0.29) is 47.1 Å². The van der Waals surface area contributed by atoms with Gasteiger partial charge in [0.2, 0.25) is 5.91 Å². The highest BCUT2D eigenvalue weighted by Gasteiger charge is 2.26. The molecule has 33 heavy (non-hydrogen) atoms. The molecule has 1 aliphatic rings. The van der Waals surface area contributed by atoms with E-state index in [1.807, 2.05) is 4.90 Å². The van der Waals surface area contributed by atoms with Crippen LogP contribution < -0.4 is 4.74 Å². The number of benzene rings is 2. The molecule has 0 N–H and O–H groups in total. The molecular formula is C24H25F2N3O3S. The molecule has 6 nitrogen and oxygen atoms in total. The Morgan fingerprint density at radius 1 is 1.00 bits per heavy atom. The molecule has 1 heterocycles. The molecular weight excluding hydrogens is 448 g/mol. The second-order valence-corrected chi connectivity index (χ2v) is 8.86. The van der Waals surface area contributed by atoms with Crippen molar-refractivity contribution in [2.75, 3.05) is 5.75 Å². The smallest absolute Gasteiger partial charge is 0.277 e. The summed E-state index contributed by atoms with van der Waals surface area (Å²) in [5.41, 5.74) is 0.901. The monoisotopic (exact) mass is 473 g/mol. The van der Waals surface area contributed by atoms with Crippen molar-refractivity contribution in [3.05, 3.63) is 71.6 Å². The number of hydrogen-bond acceptors (Lipinski definition) is 6. The van der Waals surface area contributed by atoms with Gasteiger partial charge in [0.25, 0.3) is 11.1 Å². The summed E-state index contributed by atoms with van der Waals surface area (Å²) in [4.78, 5) is 15.0. The number of hydrogen-bond donors (Lipinski definition) is 0. The second-order valence-electron chi connectivity index (χ2n) is 7.93. The van der Waals surface area contributed by atoms with Crippen LogP contribution in [0.15, 0.2) is 58.2 Å². The molecule has 1 amide bonds. The fourth-order valence-corrected chi connectivity index (χ4v) is 4.50. The molecule has 174 valence electrons. The first-order valence-electron chi connectivity index (χ1n) is 10.9. The van der Waals surface area contributed by atoms with Crippen molar-refractivity contribution in [1.82, 2.24) is 15.1 Å². The fraction of sp³-hybridized carbons (Fsp3) is 0.375. The number of carbonyl (C=O) groups is 1. The van der Waals surface area contributed by atoms with Crippen LogP contribution in [-0.2, 0) is 17.9 Å². The van der Waals surface area contributed by atoms with Gasteiger partial charge in [-0.25, -0.2) is 8.78 Å². The van der Waals surface area contributed by atoms with Crippen molar-refractivity contribution >= 4 is 17.7 Å². The third kappa shape index (κ3) is 6.77. The summed E-state index contributed by atoms with van der Waals surface area (Å²) < 4.78 is 37.3. The van der Waals surface area contributed by atoms with Gasteiger partial charge >= 0.3 is 0 Å². The van der Waals surface area contributed by atoms with E-state index >= 15 is 0 Å². The maximum Gasteiger partial charge on any atom is 0.277 e. The number of thioether (sulfide) groups is 1. The van der Waals surface area contributed by atoms with Gasteiger partial charge in [0.1, 0.15) is 17.4 Å². The predicted molar refractivity (Wildman–Crippen MR) is 120 cm³/mol. The van der Waals surface area contributed by atoms with Crippen LogP contribution in [0.4, 0.5) is 8.78 Å². The number of aromatic nitrogens is 2. The zero-order chi connectivity index (χ0) is 23.0. The largest absolute Gasteiger partial charge is 0.484 e. The molecule has 0 saturated heterocycles. The summed E-state index contributed by atoms with van der Waals surface area (Å²) >= 11 is 1.18. The molecule has 0 aliphatic heterocycles. The number of halogens is 2. The molecule has 1 fully saturated rings. The van der Waals surface area contributed by atoms with Crippen molar-refractivity contribution in [2.24, 2.45) is 0 Å². The average molecular weight is 474 g/mol. The zero-order valence-electron chi connectivity index (χ0n) is 18.1. The Kier molecular flexibility index (Phi) is 7.93. The first-order chi connectivity index (χ1) is 16.1. The van der Waals surface area contributed by atoms with Gasteiger partial charge in [-0.2, -0.15) is 0 Å². The highest BCUT2D eigenvalue weighted by molar-refractivity contribution is 7.99. The maximum atomic E-state index is 13.3. The predicted octanol–water partition coefficient (Wildman–Crippen LogP) is 5.38. The van der Waals surface area contributed by atoms with Crippen LogP contribution in [0.25, 0.3) is 0 Å². The van der Waals surface area contributed by atoms with Gasteiger partial charge in [-0.05, 0) is 54.8 Å². The SMILES string of the molecule is O=C(CSc1nnc(COc2ccc(F)cc2)o1)N(Cc1ccc(F)cc1)C1CCCCC1. The molecule has 0 radical (unpaired) electrons. The Balaban J connectivity index is 1.33. The lowest BCUT2D eigenvalue weighted by molar-refractivity contribution is -0.132. The Labute approximate surface area is 195 Å². The minimum atomic E-state index is -0.342. The fourth-order valence-electron chi connectivity index (χ4n) is 3.84. The summed E-state index contributed by atoms with van der Waals surface area (Å²) in [6.45, 7) is 0.497. The minimum absolute atomic E-state index is 0.0152. The lowest BCUT2D eigenvalue weighted by atomic mass is 9.94. The summed E-state index contributed by atoms with van der Waals surface area (Å²) in [7, 11) is 0. The average Bonchev–Trinajstić information content (AvgIpc) is 3.30. The van der Waals surface area contributed by atoms with E-state index in [1.54, 1.807) is 12.1 Å². The van der Waals surface area contributed by atoms with E-state index in [2.05, 4.69) is 10.2 Å². The Morgan fingerprint density at radius 2 is 1.67 bits per heavy atom. The second kappa shape index (κ2) is 11.3. The highest BCUT2D eigenvalue weighted by Crippen LogP contribution is 2.26. The van der Waals surface area contributed by atoms with Crippen molar-refractivity contribution in [3.8, 4) is 5.75 Å². The van der Waals surface area contributed by atoms with Gasteiger partial charge in [0, 0.05) is 12.6 Å². The molecule has 0 atom stereocenters. The van der Waals surface area contributed by atoms with Crippen LogP contribution in [0.5, 0.6) is 5.75 Å². The zero-order valence-corrected chi connectivity index (χ0v) is 18.9. The number of nitrogens with zero attached hydrogens (tertiary/aromatic N) is 3. The third-order valence-electron chi connectivity index (χ3n) is 5.55. The Hall–Kier alpha value is -2.94. The quantitative estimate of drug-likeness (QED) is 0.389. The normalized spacial score (nSPS) is 14.2. The summed E-state index contributed by atoms with van der Waals surface area (Å²) in [5, 5.41) is 8.20. The molecule has 0 unspecified atom stereocenters. The van der Waals surface area contributed by atoms with Crippen LogP contribution in [0, 0.1) is 11.6 Å². The third-order valence-corrected chi connectivity index (χ3v) is 6.35. The van der Waals surface area contributed by atoms with Crippen LogP contribution in [-0.4, -0.2) is 32.8 Å². The Morgan fingerprint density at radius 3 is 2.36 bits per heavy atom. The van der Waals surface area contributed by atoms with Crippen LogP contribution >= 0.6 is 11.8 Å². The summed E-state index contributed by atoms with van der Waals surface area (Å²) in [6, 6.07) is 12.1. The van der Waals surface area contributed by atoms with Gasteiger partial charge in [-0.15, -0.1) is 10.2 Å². The molecule has 4 rings (SSSR count). The minimum Gasteiger partial charge on any atom is -0.484 e. The molecule has 9 heteroatoms. The van der Waals surface area contributed by atoms with E-state index in [9.17, 15) is 13.6 Å². The first-order valence-corrected chi connectivity index (χ1v) is 11.9. The van der Waals surface area contributed by atoms with E-state index < -0.39 is 0 Å². The summed E-state index contributed by atoms with van der Waals surface area (Å²) in [6.07, 6.45) is 5.35. The van der Waals surface area contributed by atoms with Gasteiger partial charge in [-0.3, -0.25) is 4.79 Å². The van der Waals surface area contributed by atoms with Crippen molar-refractivity contribution in [3.63, 3.8) is 0 Å². The molecule has 0 spiro atoms. The lowest BCUT2D eigenvalue weighted by Gasteiger charge is -2.34.